The molecule has 1 saturated heterocycles. The van der Waals surface area contributed by atoms with Crippen LogP contribution in [0.3, 0.4) is 0 Å². The van der Waals surface area contributed by atoms with E-state index in [0.717, 1.165) is 50.1 Å². The Balaban J connectivity index is 1.56. The smallest absolute Gasteiger partial charge is 0.337 e. The Morgan fingerprint density at radius 2 is 1.76 bits per heavy atom. The minimum atomic E-state index is -0.296. The first-order valence-corrected chi connectivity index (χ1v) is 8.52. The van der Waals surface area contributed by atoms with Crippen LogP contribution in [0.1, 0.15) is 27.4 Å². The molecule has 25 heavy (non-hydrogen) atoms. The lowest BCUT2D eigenvalue weighted by atomic mass is 10.1. The van der Waals surface area contributed by atoms with Crippen molar-refractivity contribution in [3.8, 4) is 0 Å². The van der Waals surface area contributed by atoms with Crippen LogP contribution in [0.15, 0.2) is 30.3 Å². The lowest BCUT2D eigenvalue weighted by Crippen LogP contribution is -2.46. The summed E-state index contributed by atoms with van der Waals surface area (Å²) in [5.74, 6) is 1.55. The molecule has 1 aliphatic rings. The molecule has 0 bridgehead atoms. The molecular weight excluding hydrogens is 316 g/mol. The summed E-state index contributed by atoms with van der Waals surface area (Å²) in [4.78, 5) is 25.1. The van der Waals surface area contributed by atoms with Crippen molar-refractivity contribution in [2.45, 2.75) is 20.4 Å². The molecule has 0 radical (unpaired) electrons. The van der Waals surface area contributed by atoms with E-state index in [1.54, 1.807) is 0 Å². The van der Waals surface area contributed by atoms with Gasteiger partial charge in [0.25, 0.3) is 0 Å². The Hall–Kier alpha value is -2.47. The number of benzene rings is 1. The molecule has 0 spiro atoms. The number of hydrogen-bond donors (Lipinski definition) is 0. The maximum atomic E-state index is 11.5. The van der Waals surface area contributed by atoms with Crippen LogP contribution in [0.2, 0.25) is 0 Å². The number of carbonyl (C=O) groups excluding carboxylic acids is 1. The van der Waals surface area contributed by atoms with Crippen molar-refractivity contribution in [1.29, 1.82) is 0 Å². The van der Waals surface area contributed by atoms with E-state index in [1.165, 1.54) is 12.7 Å². The molecule has 1 aromatic heterocycles. The van der Waals surface area contributed by atoms with Gasteiger partial charge in [-0.25, -0.2) is 14.8 Å². The summed E-state index contributed by atoms with van der Waals surface area (Å²) in [5.41, 5.74) is 2.80. The average Bonchev–Trinajstić information content (AvgIpc) is 2.61. The number of nitrogens with zero attached hydrogens (tertiary/aromatic N) is 4. The third kappa shape index (κ3) is 4.33. The van der Waals surface area contributed by atoms with Crippen LogP contribution in [-0.4, -0.2) is 54.1 Å². The molecule has 0 amide bonds. The Bertz CT molecular complexity index is 717. The molecule has 2 heterocycles. The maximum Gasteiger partial charge on any atom is 0.337 e. The SMILES string of the molecule is COC(=O)c1ccc(CN2CCN(c3cc(C)nc(C)n3)CC2)cc1. The molecule has 1 aromatic carbocycles. The summed E-state index contributed by atoms with van der Waals surface area (Å²) in [6.45, 7) is 8.71. The van der Waals surface area contributed by atoms with Gasteiger partial charge in [-0.15, -0.1) is 0 Å². The van der Waals surface area contributed by atoms with Crippen molar-refractivity contribution < 1.29 is 9.53 Å². The van der Waals surface area contributed by atoms with Crippen LogP contribution in [-0.2, 0) is 11.3 Å². The molecule has 0 atom stereocenters. The molecule has 6 heteroatoms. The normalized spacial score (nSPS) is 15.2. The van der Waals surface area contributed by atoms with Crippen molar-refractivity contribution in [2.24, 2.45) is 0 Å². The van der Waals surface area contributed by atoms with E-state index in [0.29, 0.717) is 5.56 Å². The van der Waals surface area contributed by atoms with Gasteiger partial charge in [0.2, 0.25) is 0 Å². The molecule has 2 aromatic rings. The number of anilines is 1. The highest BCUT2D eigenvalue weighted by Crippen LogP contribution is 2.16. The predicted octanol–water partition coefficient (Wildman–Crippen LogP) is 2.20. The second-order valence-corrected chi connectivity index (χ2v) is 6.37. The van der Waals surface area contributed by atoms with Crippen LogP contribution < -0.4 is 4.90 Å². The van der Waals surface area contributed by atoms with E-state index in [2.05, 4.69) is 19.8 Å². The standard InChI is InChI=1S/C19H24N4O2/c1-14-12-18(21-15(2)20-14)23-10-8-22(9-11-23)13-16-4-6-17(7-5-16)19(24)25-3/h4-7,12H,8-11,13H2,1-3H3. The topological polar surface area (TPSA) is 58.6 Å². The maximum absolute atomic E-state index is 11.5. The molecule has 0 saturated carbocycles. The summed E-state index contributed by atoms with van der Waals surface area (Å²) in [7, 11) is 1.40. The Morgan fingerprint density at radius 3 is 2.36 bits per heavy atom. The highest BCUT2D eigenvalue weighted by atomic mass is 16.5. The van der Waals surface area contributed by atoms with E-state index in [9.17, 15) is 4.79 Å². The summed E-state index contributed by atoms with van der Waals surface area (Å²) < 4.78 is 4.73. The minimum Gasteiger partial charge on any atom is -0.465 e. The highest BCUT2D eigenvalue weighted by molar-refractivity contribution is 5.89. The zero-order valence-corrected chi connectivity index (χ0v) is 15.0. The van der Waals surface area contributed by atoms with Gasteiger partial charge in [0.05, 0.1) is 12.7 Å². The number of piperazine rings is 1. The Kier molecular flexibility index (Phi) is 5.28. The van der Waals surface area contributed by atoms with Gasteiger partial charge in [0, 0.05) is 44.5 Å². The quantitative estimate of drug-likeness (QED) is 0.796. The second kappa shape index (κ2) is 7.61. The minimum absolute atomic E-state index is 0.296. The molecule has 132 valence electrons. The molecule has 0 unspecified atom stereocenters. The van der Waals surface area contributed by atoms with Gasteiger partial charge >= 0.3 is 5.97 Å². The van der Waals surface area contributed by atoms with Crippen molar-refractivity contribution in [1.82, 2.24) is 14.9 Å². The summed E-state index contributed by atoms with van der Waals surface area (Å²) in [6.07, 6.45) is 0. The molecule has 6 nitrogen and oxygen atoms in total. The van der Waals surface area contributed by atoms with Gasteiger partial charge in [-0.1, -0.05) is 12.1 Å². The van der Waals surface area contributed by atoms with Crippen molar-refractivity contribution in [3.05, 3.63) is 53.0 Å². The number of methoxy groups -OCH3 is 1. The van der Waals surface area contributed by atoms with Crippen LogP contribution in [0, 0.1) is 13.8 Å². The fourth-order valence-corrected chi connectivity index (χ4v) is 3.12. The second-order valence-electron chi connectivity index (χ2n) is 6.37. The first-order valence-electron chi connectivity index (χ1n) is 8.52. The van der Waals surface area contributed by atoms with Crippen LogP contribution in [0.4, 0.5) is 5.82 Å². The molecule has 1 fully saturated rings. The third-order valence-electron chi connectivity index (χ3n) is 4.43. The number of hydrogen-bond acceptors (Lipinski definition) is 6. The van der Waals surface area contributed by atoms with Gasteiger partial charge < -0.3 is 9.64 Å². The predicted molar refractivity (Wildman–Crippen MR) is 96.8 cm³/mol. The fourth-order valence-electron chi connectivity index (χ4n) is 3.12. The molecule has 3 rings (SSSR count). The lowest BCUT2D eigenvalue weighted by molar-refractivity contribution is 0.0600. The zero-order valence-electron chi connectivity index (χ0n) is 15.0. The van der Waals surface area contributed by atoms with E-state index < -0.39 is 0 Å². The van der Waals surface area contributed by atoms with Gasteiger partial charge in [0.1, 0.15) is 11.6 Å². The monoisotopic (exact) mass is 340 g/mol. The highest BCUT2D eigenvalue weighted by Gasteiger charge is 2.19. The first kappa shape index (κ1) is 17.4. The van der Waals surface area contributed by atoms with Gasteiger partial charge in [-0.2, -0.15) is 0 Å². The number of aryl methyl sites for hydroxylation is 2. The first-order chi connectivity index (χ1) is 12.0. The van der Waals surface area contributed by atoms with Crippen molar-refractivity contribution in [3.63, 3.8) is 0 Å². The van der Waals surface area contributed by atoms with Crippen molar-refractivity contribution in [2.75, 3.05) is 38.2 Å². The fraction of sp³-hybridized carbons (Fsp3) is 0.421. The summed E-state index contributed by atoms with van der Waals surface area (Å²) in [6, 6.07) is 9.69. The number of carbonyl (C=O) groups is 1. The molecule has 1 aliphatic heterocycles. The molecule has 0 N–H and O–H groups in total. The summed E-state index contributed by atoms with van der Waals surface area (Å²) in [5, 5.41) is 0. The third-order valence-corrected chi connectivity index (χ3v) is 4.43. The van der Waals surface area contributed by atoms with Crippen LogP contribution in [0.25, 0.3) is 0 Å². The lowest BCUT2D eigenvalue weighted by Gasteiger charge is -2.35. The number of aromatic nitrogens is 2. The molecule has 0 aliphatic carbocycles. The van der Waals surface area contributed by atoms with E-state index in [4.69, 9.17) is 4.74 Å². The van der Waals surface area contributed by atoms with Gasteiger partial charge in [0.15, 0.2) is 0 Å². The van der Waals surface area contributed by atoms with E-state index >= 15 is 0 Å². The van der Waals surface area contributed by atoms with E-state index in [1.807, 2.05) is 44.2 Å². The van der Waals surface area contributed by atoms with Crippen LogP contribution >= 0.6 is 0 Å². The number of ether oxygens (including phenoxy) is 1. The van der Waals surface area contributed by atoms with Gasteiger partial charge in [-0.3, -0.25) is 4.90 Å². The zero-order chi connectivity index (χ0) is 17.8. The van der Waals surface area contributed by atoms with Gasteiger partial charge in [-0.05, 0) is 31.5 Å². The summed E-state index contributed by atoms with van der Waals surface area (Å²) >= 11 is 0. The number of rotatable bonds is 4. The molecular formula is C19H24N4O2. The Labute approximate surface area is 148 Å². The van der Waals surface area contributed by atoms with Crippen LogP contribution in [0.5, 0.6) is 0 Å². The largest absolute Gasteiger partial charge is 0.465 e. The van der Waals surface area contributed by atoms with E-state index in [-0.39, 0.29) is 5.97 Å². The Morgan fingerprint density at radius 1 is 1.08 bits per heavy atom. The number of esters is 1. The van der Waals surface area contributed by atoms with Crippen molar-refractivity contribution >= 4 is 11.8 Å². The average molecular weight is 340 g/mol.